The largest absolute Gasteiger partial charge is 0.339 e. The number of carbonyl (C=O) groups excluding carboxylic acids is 1. The molecule has 20 heavy (non-hydrogen) atoms. The first kappa shape index (κ1) is 22.3. The van der Waals surface area contributed by atoms with Crippen molar-refractivity contribution in [1.29, 1.82) is 0 Å². The van der Waals surface area contributed by atoms with Gasteiger partial charge >= 0.3 is 0 Å². The third-order valence-electron chi connectivity index (χ3n) is 3.35. The van der Waals surface area contributed by atoms with Crippen molar-refractivity contribution < 1.29 is 4.79 Å². The highest BCUT2D eigenvalue weighted by Crippen LogP contribution is 2.09. The number of amides is 1. The monoisotopic (exact) mass is 327 g/mol. The molecule has 6 heteroatoms. The smallest absolute Gasteiger partial charge is 0.239 e. The average molecular weight is 328 g/mol. The summed E-state index contributed by atoms with van der Waals surface area (Å²) in [7, 11) is 0. The Morgan fingerprint density at radius 1 is 1.00 bits per heavy atom. The lowest BCUT2D eigenvalue weighted by molar-refractivity contribution is -0.134. The Balaban J connectivity index is 0. The Labute approximate surface area is 136 Å². The van der Waals surface area contributed by atoms with Crippen molar-refractivity contribution in [2.45, 2.75) is 40.2 Å². The normalized spacial score (nSPS) is 17.6. The summed E-state index contributed by atoms with van der Waals surface area (Å²) in [6.07, 6.45) is 0.783. The maximum atomic E-state index is 12.1. The SMILES string of the molecule is CC(C)C[C@H](N)C(=O)N1CCN(CC(C)C)CC1.Cl.Cl. The van der Waals surface area contributed by atoms with E-state index in [0.29, 0.717) is 11.8 Å². The minimum absolute atomic E-state index is 0. The van der Waals surface area contributed by atoms with E-state index in [1.807, 2.05) is 4.90 Å². The van der Waals surface area contributed by atoms with Gasteiger partial charge in [-0.1, -0.05) is 27.7 Å². The molecule has 4 nitrogen and oxygen atoms in total. The lowest BCUT2D eigenvalue weighted by Crippen LogP contribution is -2.53. The van der Waals surface area contributed by atoms with Gasteiger partial charge in [-0.05, 0) is 18.3 Å². The number of hydrogen-bond acceptors (Lipinski definition) is 3. The predicted octanol–water partition coefficient (Wildman–Crippen LogP) is 2.00. The molecule has 1 amide bonds. The van der Waals surface area contributed by atoms with Crippen molar-refractivity contribution in [2.24, 2.45) is 17.6 Å². The lowest BCUT2D eigenvalue weighted by Gasteiger charge is -2.36. The Kier molecular flexibility index (Phi) is 11.9. The number of halogens is 2. The second-order valence-electron chi connectivity index (χ2n) is 6.26. The second kappa shape index (κ2) is 10.7. The van der Waals surface area contributed by atoms with Crippen LogP contribution in [0.5, 0.6) is 0 Å². The topological polar surface area (TPSA) is 49.6 Å². The van der Waals surface area contributed by atoms with Crippen LogP contribution in [0.25, 0.3) is 0 Å². The molecule has 1 rings (SSSR count). The third kappa shape index (κ3) is 7.67. The van der Waals surface area contributed by atoms with Crippen LogP contribution in [-0.4, -0.2) is 54.5 Å². The molecule has 122 valence electrons. The van der Waals surface area contributed by atoms with Crippen LogP contribution in [0.15, 0.2) is 0 Å². The van der Waals surface area contributed by atoms with E-state index >= 15 is 0 Å². The number of nitrogens with zero attached hydrogens (tertiary/aromatic N) is 2. The fourth-order valence-electron chi connectivity index (χ4n) is 2.51. The summed E-state index contributed by atoms with van der Waals surface area (Å²) >= 11 is 0. The zero-order valence-electron chi connectivity index (χ0n) is 13.2. The molecule has 1 aliphatic rings. The Bertz CT molecular complexity index is 267. The first-order chi connectivity index (χ1) is 8.40. The Morgan fingerprint density at radius 3 is 1.90 bits per heavy atom. The van der Waals surface area contributed by atoms with Crippen LogP contribution >= 0.6 is 24.8 Å². The van der Waals surface area contributed by atoms with Crippen LogP contribution in [0.1, 0.15) is 34.1 Å². The fraction of sp³-hybridized carbons (Fsp3) is 0.929. The number of nitrogens with two attached hydrogens (primary N) is 1. The summed E-state index contributed by atoms with van der Waals surface area (Å²) in [6, 6.07) is -0.318. The maximum absolute atomic E-state index is 12.1. The molecular weight excluding hydrogens is 297 g/mol. The zero-order chi connectivity index (χ0) is 13.7. The van der Waals surface area contributed by atoms with Crippen molar-refractivity contribution >= 4 is 30.7 Å². The molecule has 0 unspecified atom stereocenters. The van der Waals surface area contributed by atoms with Crippen LogP contribution in [0.3, 0.4) is 0 Å². The fourth-order valence-corrected chi connectivity index (χ4v) is 2.51. The van der Waals surface area contributed by atoms with Gasteiger partial charge in [0, 0.05) is 32.7 Å². The predicted molar refractivity (Wildman–Crippen MR) is 89.8 cm³/mol. The molecule has 0 aromatic carbocycles. The van der Waals surface area contributed by atoms with Crippen LogP contribution in [0, 0.1) is 11.8 Å². The van der Waals surface area contributed by atoms with Crippen molar-refractivity contribution in [3.63, 3.8) is 0 Å². The number of carbonyl (C=O) groups is 1. The molecule has 1 heterocycles. The average Bonchev–Trinajstić information content (AvgIpc) is 2.27. The van der Waals surface area contributed by atoms with E-state index in [0.717, 1.165) is 39.1 Å². The zero-order valence-corrected chi connectivity index (χ0v) is 14.8. The van der Waals surface area contributed by atoms with Gasteiger partial charge in [-0.2, -0.15) is 0 Å². The lowest BCUT2D eigenvalue weighted by atomic mass is 10.0. The van der Waals surface area contributed by atoms with Gasteiger partial charge in [0.2, 0.25) is 5.91 Å². The molecule has 0 saturated carbocycles. The molecule has 1 aliphatic heterocycles. The minimum Gasteiger partial charge on any atom is -0.339 e. The Morgan fingerprint density at radius 2 is 1.50 bits per heavy atom. The highest BCUT2D eigenvalue weighted by Gasteiger charge is 2.25. The summed E-state index contributed by atoms with van der Waals surface area (Å²) in [5.41, 5.74) is 5.96. The molecule has 0 aromatic rings. The van der Waals surface area contributed by atoms with Gasteiger partial charge in [-0.15, -0.1) is 24.8 Å². The van der Waals surface area contributed by atoms with Crippen molar-refractivity contribution in [3.05, 3.63) is 0 Å². The first-order valence-corrected chi connectivity index (χ1v) is 7.17. The van der Waals surface area contributed by atoms with E-state index in [1.54, 1.807) is 0 Å². The van der Waals surface area contributed by atoms with E-state index in [4.69, 9.17) is 5.73 Å². The van der Waals surface area contributed by atoms with Crippen LogP contribution in [0.2, 0.25) is 0 Å². The molecule has 0 aromatic heterocycles. The third-order valence-corrected chi connectivity index (χ3v) is 3.35. The van der Waals surface area contributed by atoms with Crippen LogP contribution in [-0.2, 0) is 4.79 Å². The standard InChI is InChI=1S/C14H29N3O.2ClH/c1-11(2)9-13(15)14(18)17-7-5-16(6-8-17)10-12(3)4;;/h11-13H,5-10,15H2,1-4H3;2*1H/t13-;;/m0../s1. The van der Waals surface area contributed by atoms with E-state index < -0.39 is 0 Å². The van der Waals surface area contributed by atoms with Gasteiger partial charge in [0.25, 0.3) is 0 Å². The molecule has 2 N–H and O–H groups in total. The maximum Gasteiger partial charge on any atom is 0.239 e. The van der Waals surface area contributed by atoms with Crippen molar-refractivity contribution in [3.8, 4) is 0 Å². The number of hydrogen-bond donors (Lipinski definition) is 1. The quantitative estimate of drug-likeness (QED) is 0.840. The van der Waals surface area contributed by atoms with Gasteiger partial charge in [0.05, 0.1) is 6.04 Å². The molecule has 0 radical (unpaired) electrons. The Hall–Kier alpha value is -0.0300. The van der Waals surface area contributed by atoms with E-state index in [9.17, 15) is 4.79 Å². The molecule has 0 bridgehead atoms. The minimum atomic E-state index is -0.318. The summed E-state index contributed by atoms with van der Waals surface area (Å²) in [6.45, 7) is 13.4. The first-order valence-electron chi connectivity index (χ1n) is 7.17. The highest BCUT2D eigenvalue weighted by atomic mass is 35.5. The van der Waals surface area contributed by atoms with Crippen molar-refractivity contribution in [1.82, 2.24) is 9.80 Å². The molecule has 1 saturated heterocycles. The number of piperazine rings is 1. The van der Waals surface area contributed by atoms with Gasteiger partial charge in [-0.25, -0.2) is 0 Å². The second-order valence-corrected chi connectivity index (χ2v) is 6.26. The molecule has 1 fully saturated rings. The van der Waals surface area contributed by atoms with E-state index in [1.165, 1.54) is 0 Å². The molecular formula is C14H31Cl2N3O. The summed E-state index contributed by atoms with van der Waals surface area (Å²) in [5.74, 6) is 1.30. The van der Waals surface area contributed by atoms with Gasteiger partial charge in [0.1, 0.15) is 0 Å². The number of rotatable bonds is 5. The van der Waals surface area contributed by atoms with E-state index in [2.05, 4.69) is 32.6 Å². The van der Waals surface area contributed by atoms with Crippen LogP contribution < -0.4 is 5.73 Å². The van der Waals surface area contributed by atoms with Crippen molar-refractivity contribution in [2.75, 3.05) is 32.7 Å². The summed E-state index contributed by atoms with van der Waals surface area (Å²) < 4.78 is 0. The van der Waals surface area contributed by atoms with Gasteiger partial charge < -0.3 is 10.6 Å². The summed E-state index contributed by atoms with van der Waals surface area (Å²) in [4.78, 5) is 16.5. The highest BCUT2D eigenvalue weighted by molar-refractivity contribution is 5.85. The molecule has 0 aliphatic carbocycles. The summed E-state index contributed by atoms with van der Waals surface area (Å²) in [5, 5.41) is 0. The van der Waals surface area contributed by atoms with Crippen LogP contribution in [0.4, 0.5) is 0 Å². The molecule has 0 spiro atoms. The van der Waals surface area contributed by atoms with E-state index in [-0.39, 0.29) is 36.8 Å². The molecule has 1 atom stereocenters. The van der Waals surface area contributed by atoms with Gasteiger partial charge in [0.15, 0.2) is 0 Å². The van der Waals surface area contributed by atoms with Gasteiger partial charge in [-0.3, -0.25) is 9.69 Å².